The van der Waals surface area contributed by atoms with Crippen molar-refractivity contribution in [1.82, 2.24) is 0 Å². The molecular formula is C10H14ClNO2. The number of benzene rings is 1. The van der Waals surface area contributed by atoms with Gasteiger partial charge in [0.25, 0.3) is 0 Å². The Bertz CT molecular complexity index is 315. The molecule has 1 aromatic rings. The van der Waals surface area contributed by atoms with Crippen LogP contribution in [0.2, 0.25) is 5.02 Å². The molecule has 4 heteroatoms. The summed E-state index contributed by atoms with van der Waals surface area (Å²) in [6, 6.07) is 3.69. The second-order valence-corrected chi connectivity index (χ2v) is 3.36. The summed E-state index contributed by atoms with van der Waals surface area (Å²) < 4.78 is 5.28. The second kappa shape index (κ2) is 5.20. The Hall–Kier alpha value is -0.770. The van der Waals surface area contributed by atoms with Crippen LogP contribution in [0.15, 0.2) is 12.1 Å². The van der Waals surface area contributed by atoms with E-state index in [1.54, 1.807) is 13.2 Å². The van der Waals surface area contributed by atoms with E-state index in [2.05, 4.69) is 4.84 Å². The third kappa shape index (κ3) is 2.38. The maximum Gasteiger partial charge on any atom is 0.127 e. The van der Waals surface area contributed by atoms with Crippen LogP contribution in [0.25, 0.3) is 0 Å². The number of aryl methyl sites for hydroxylation is 1. The van der Waals surface area contributed by atoms with Gasteiger partial charge in [0.05, 0.1) is 13.7 Å². The van der Waals surface area contributed by atoms with E-state index < -0.39 is 0 Å². The standard InChI is InChI=1S/C10H14ClNO2/c1-3-7-4-9(11)5-8(6-14-12)10(7)13-2/h4-5H,3,6,12H2,1-2H3. The molecule has 0 saturated heterocycles. The molecular weight excluding hydrogens is 202 g/mol. The lowest BCUT2D eigenvalue weighted by molar-refractivity contribution is 0.122. The highest BCUT2D eigenvalue weighted by atomic mass is 35.5. The highest BCUT2D eigenvalue weighted by molar-refractivity contribution is 6.30. The minimum Gasteiger partial charge on any atom is -0.496 e. The molecule has 2 N–H and O–H groups in total. The van der Waals surface area contributed by atoms with Crippen LogP contribution in [0.3, 0.4) is 0 Å². The van der Waals surface area contributed by atoms with Gasteiger partial charge in [-0.1, -0.05) is 18.5 Å². The van der Waals surface area contributed by atoms with Gasteiger partial charge < -0.3 is 4.74 Å². The van der Waals surface area contributed by atoms with Crippen LogP contribution in [0, 0.1) is 0 Å². The number of methoxy groups -OCH3 is 1. The SMILES string of the molecule is CCc1cc(Cl)cc(CON)c1OC. The highest BCUT2D eigenvalue weighted by Gasteiger charge is 2.09. The smallest absolute Gasteiger partial charge is 0.127 e. The van der Waals surface area contributed by atoms with E-state index in [-0.39, 0.29) is 0 Å². The molecule has 0 aliphatic carbocycles. The molecule has 0 atom stereocenters. The molecule has 3 nitrogen and oxygen atoms in total. The lowest BCUT2D eigenvalue weighted by atomic mass is 10.1. The summed E-state index contributed by atoms with van der Waals surface area (Å²) in [5, 5.41) is 0.676. The van der Waals surface area contributed by atoms with Crippen LogP contribution in [-0.4, -0.2) is 7.11 Å². The molecule has 0 saturated carbocycles. The van der Waals surface area contributed by atoms with E-state index in [0.717, 1.165) is 23.3 Å². The zero-order valence-corrected chi connectivity index (χ0v) is 9.10. The predicted octanol–water partition coefficient (Wildman–Crippen LogP) is 2.30. The van der Waals surface area contributed by atoms with Crippen molar-refractivity contribution in [2.75, 3.05) is 7.11 Å². The summed E-state index contributed by atoms with van der Waals surface area (Å²) >= 11 is 5.94. The number of ether oxygens (including phenoxy) is 1. The van der Waals surface area contributed by atoms with Gasteiger partial charge in [0, 0.05) is 10.6 Å². The van der Waals surface area contributed by atoms with E-state index in [1.165, 1.54) is 0 Å². The van der Waals surface area contributed by atoms with Crippen molar-refractivity contribution in [2.24, 2.45) is 5.90 Å². The number of hydrogen-bond acceptors (Lipinski definition) is 3. The van der Waals surface area contributed by atoms with E-state index in [1.807, 2.05) is 13.0 Å². The molecule has 0 unspecified atom stereocenters. The van der Waals surface area contributed by atoms with Crippen molar-refractivity contribution >= 4 is 11.6 Å². The molecule has 1 rings (SSSR count). The maximum absolute atomic E-state index is 5.94. The molecule has 14 heavy (non-hydrogen) atoms. The molecule has 0 aliphatic heterocycles. The van der Waals surface area contributed by atoms with Gasteiger partial charge in [-0.2, -0.15) is 0 Å². The van der Waals surface area contributed by atoms with Gasteiger partial charge in [-0.15, -0.1) is 0 Å². The normalized spacial score (nSPS) is 10.3. The zero-order valence-electron chi connectivity index (χ0n) is 8.34. The summed E-state index contributed by atoms with van der Waals surface area (Å²) in [5.74, 6) is 5.83. The van der Waals surface area contributed by atoms with Crippen molar-refractivity contribution in [1.29, 1.82) is 0 Å². The Morgan fingerprint density at radius 2 is 2.00 bits per heavy atom. The Balaban J connectivity index is 3.17. The number of rotatable bonds is 4. The van der Waals surface area contributed by atoms with E-state index in [0.29, 0.717) is 11.6 Å². The average Bonchev–Trinajstić information content (AvgIpc) is 2.17. The van der Waals surface area contributed by atoms with Gasteiger partial charge in [0.2, 0.25) is 0 Å². The third-order valence-electron chi connectivity index (χ3n) is 2.03. The first-order valence-electron chi connectivity index (χ1n) is 4.39. The van der Waals surface area contributed by atoms with Gasteiger partial charge in [-0.05, 0) is 24.1 Å². The minimum absolute atomic E-state index is 0.302. The van der Waals surface area contributed by atoms with Crippen LogP contribution < -0.4 is 10.6 Å². The summed E-state index contributed by atoms with van der Waals surface area (Å²) in [6.45, 7) is 2.35. The molecule has 0 aliphatic rings. The first-order chi connectivity index (χ1) is 6.72. The second-order valence-electron chi connectivity index (χ2n) is 2.92. The highest BCUT2D eigenvalue weighted by Crippen LogP contribution is 2.28. The van der Waals surface area contributed by atoms with Crippen LogP contribution in [0.4, 0.5) is 0 Å². The molecule has 0 amide bonds. The van der Waals surface area contributed by atoms with E-state index in [4.69, 9.17) is 22.2 Å². The minimum atomic E-state index is 0.302. The summed E-state index contributed by atoms with van der Waals surface area (Å²) in [4.78, 5) is 4.59. The van der Waals surface area contributed by atoms with Crippen molar-refractivity contribution in [3.63, 3.8) is 0 Å². The van der Waals surface area contributed by atoms with Gasteiger partial charge >= 0.3 is 0 Å². The lowest BCUT2D eigenvalue weighted by Crippen LogP contribution is -2.03. The Labute approximate surface area is 88.7 Å². The quantitative estimate of drug-likeness (QED) is 0.784. The van der Waals surface area contributed by atoms with Crippen molar-refractivity contribution in [3.05, 3.63) is 28.3 Å². The molecule has 1 aromatic carbocycles. The van der Waals surface area contributed by atoms with Crippen LogP contribution >= 0.6 is 11.6 Å². The fraction of sp³-hybridized carbons (Fsp3) is 0.400. The number of hydrogen-bond donors (Lipinski definition) is 1. The summed E-state index contributed by atoms with van der Waals surface area (Å²) in [7, 11) is 1.63. The van der Waals surface area contributed by atoms with Gasteiger partial charge in [-0.25, -0.2) is 5.90 Å². The lowest BCUT2D eigenvalue weighted by Gasteiger charge is -2.12. The molecule has 0 spiro atoms. The monoisotopic (exact) mass is 215 g/mol. The number of halogens is 1. The number of nitrogens with two attached hydrogens (primary N) is 1. The Morgan fingerprint density at radius 3 is 2.50 bits per heavy atom. The van der Waals surface area contributed by atoms with Crippen molar-refractivity contribution < 1.29 is 9.57 Å². The molecule has 0 fully saturated rings. The Kier molecular flexibility index (Phi) is 4.20. The first kappa shape index (κ1) is 11.3. The van der Waals surface area contributed by atoms with E-state index >= 15 is 0 Å². The maximum atomic E-state index is 5.94. The summed E-state index contributed by atoms with van der Waals surface area (Å²) in [5.41, 5.74) is 1.94. The fourth-order valence-electron chi connectivity index (χ4n) is 1.43. The molecule has 0 bridgehead atoms. The van der Waals surface area contributed by atoms with Crippen LogP contribution in [0.1, 0.15) is 18.1 Å². The van der Waals surface area contributed by atoms with Gasteiger partial charge in [0.1, 0.15) is 5.75 Å². The van der Waals surface area contributed by atoms with Crippen LogP contribution in [0.5, 0.6) is 5.75 Å². The van der Waals surface area contributed by atoms with Crippen LogP contribution in [-0.2, 0) is 17.9 Å². The third-order valence-corrected chi connectivity index (χ3v) is 2.25. The summed E-state index contributed by atoms with van der Waals surface area (Å²) in [6.07, 6.45) is 0.862. The van der Waals surface area contributed by atoms with Gasteiger partial charge in [-0.3, -0.25) is 4.84 Å². The Morgan fingerprint density at radius 1 is 1.36 bits per heavy atom. The first-order valence-corrected chi connectivity index (χ1v) is 4.77. The van der Waals surface area contributed by atoms with E-state index in [9.17, 15) is 0 Å². The molecule has 78 valence electrons. The topological polar surface area (TPSA) is 44.5 Å². The van der Waals surface area contributed by atoms with Crippen molar-refractivity contribution in [2.45, 2.75) is 20.0 Å². The predicted molar refractivity (Wildman–Crippen MR) is 56.4 cm³/mol. The fourth-order valence-corrected chi connectivity index (χ4v) is 1.70. The molecule has 0 heterocycles. The molecule has 0 aromatic heterocycles. The van der Waals surface area contributed by atoms with Gasteiger partial charge in [0.15, 0.2) is 0 Å². The average molecular weight is 216 g/mol. The zero-order chi connectivity index (χ0) is 10.6. The van der Waals surface area contributed by atoms with Crippen molar-refractivity contribution in [3.8, 4) is 5.75 Å². The molecule has 0 radical (unpaired) electrons. The largest absolute Gasteiger partial charge is 0.496 e.